The second-order valence-corrected chi connectivity index (χ2v) is 6.97. The summed E-state index contributed by atoms with van der Waals surface area (Å²) < 4.78 is 0. The third kappa shape index (κ3) is 3.60. The van der Waals surface area contributed by atoms with Crippen molar-refractivity contribution in [1.82, 2.24) is 0 Å². The van der Waals surface area contributed by atoms with Crippen LogP contribution in [0.25, 0.3) is 0 Å². The Labute approximate surface area is 169 Å². The molecule has 4 rings (SSSR count). The van der Waals surface area contributed by atoms with E-state index >= 15 is 0 Å². The van der Waals surface area contributed by atoms with E-state index < -0.39 is 12.1 Å². The number of carbonyl (C=O) groups excluding carboxylic acids is 2. The Balaban J connectivity index is 1.78. The summed E-state index contributed by atoms with van der Waals surface area (Å²) >= 11 is 0. The first-order chi connectivity index (χ1) is 14.1. The Morgan fingerprint density at radius 2 is 1.62 bits per heavy atom. The number of benzodiazepines with no additional fused rings is 1. The van der Waals surface area contributed by atoms with E-state index in [1.54, 1.807) is 6.07 Å². The second kappa shape index (κ2) is 7.81. The molecule has 1 atom stereocenters. The fourth-order valence-electron chi connectivity index (χ4n) is 3.56. The topological polar surface area (TPSA) is 75.8 Å². The molecule has 1 amide bonds. The number of hydrogen-bond acceptors (Lipinski definition) is 4. The highest BCUT2D eigenvalue weighted by molar-refractivity contribution is 6.21. The summed E-state index contributed by atoms with van der Waals surface area (Å²) in [7, 11) is 0. The van der Waals surface area contributed by atoms with Crippen LogP contribution < -0.4 is 10.6 Å². The van der Waals surface area contributed by atoms with Crippen LogP contribution in [0.15, 0.2) is 83.9 Å². The molecule has 0 aromatic heterocycles. The van der Waals surface area contributed by atoms with E-state index in [0.29, 0.717) is 17.0 Å². The lowest BCUT2D eigenvalue weighted by Gasteiger charge is -2.24. The molecule has 0 radical (unpaired) electrons. The molecule has 29 heavy (non-hydrogen) atoms. The van der Waals surface area contributed by atoms with Gasteiger partial charge in [0.15, 0.2) is 11.9 Å². The van der Waals surface area contributed by atoms with Crippen LogP contribution >= 0.6 is 0 Å². The lowest BCUT2D eigenvalue weighted by molar-refractivity contribution is -0.119. The van der Waals surface area contributed by atoms with Crippen molar-refractivity contribution in [3.05, 3.63) is 101 Å². The summed E-state index contributed by atoms with van der Waals surface area (Å²) in [5.74, 6) is -0.535. The maximum Gasteiger partial charge on any atom is 0.266 e. The molecule has 1 aliphatic rings. The van der Waals surface area contributed by atoms with E-state index in [1.807, 2.05) is 79.7 Å². The number of fused-ring (bicyclic) bond motifs is 1. The lowest BCUT2D eigenvalue weighted by atomic mass is 9.99. The first-order valence-corrected chi connectivity index (χ1v) is 9.44. The van der Waals surface area contributed by atoms with Gasteiger partial charge in [-0.15, -0.1) is 0 Å². The molecule has 0 saturated heterocycles. The second-order valence-electron chi connectivity index (χ2n) is 6.97. The smallest absolute Gasteiger partial charge is 0.266 e. The Morgan fingerprint density at radius 3 is 2.38 bits per heavy atom. The van der Waals surface area contributed by atoms with Crippen molar-refractivity contribution in [3.63, 3.8) is 0 Å². The first kappa shape index (κ1) is 18.8. The molecule has 0 bridgehead atoms. The van der Waals surface area contributed by atoms with Gasteiger partial charge in [0.1, 0.15) is 0 Å². The van der Waals surface area contributed by atoms with Gasteiger partial charge in [-0.25, -0.2) is 0 Å². The molecule has 2 N–H and O–H groups in total. The minimum Gasteiger partial charge on any atom is -0.302 e. The Kier molecular flexibility index (Phi) is 5.06. The number of benzene rings is 3. The Bertz CT molecular complexity index is 1110. The monoisotopic (exact) mass is 383 g/mol. The maximum atomic E-state index is 13.1. The van der Waals surface area contributed by atoms with E-state index in [0.717, 1.165) is 16.7 Å². The number of aryl methyl sites for hydroxylation is 1. The van der Waals surface area contributed by atoms with Crippen molar-refractivity contribution >= 4 is 23.1 Å². The molecule has 0 unspecified atom stereocenters. The number of nitrogens with two attached hydrogens (primary N) is 1. The van der Waals surface area contributed by atoms with Crippen LogP contribution in [0.5, 0.6) is 0 Å². The highest BCUT2D eigenvalue weighted by Crippen LogP contribution is 2.28. The number of rotatable bonds is 4. The summed E-state index contributed by atoms with van der Waals surface area (Å²) in [5.41, 5.74) is 10.5. The van der Waals surface area contributed by atoms with Gasteiger partial charge in [-0.05, 0) is 18.6 Å². The molecule has 1 aliphatic heterocycles. The van der Waals surface area contributed by atoms with E-state index in [1.165, 1.54) is 4.90 Å². The SMILES string of the molecule is Cc1ccccc1C(=O)CN1C(=O)[C@H](N)N=C(c2ccccc2)c2ccccc21. The number of nitrogens with zero attached hydrogens (tertiary/aromatic N) is 2. The molecule has 0 fully saturated rings. The Morgan fingerprint density at radius 1 is 0.966 bits per heavy atom. The van der Waals surface area contributed by atoms with Gasteiger partial charge >= 0.3 is 0 Å². The number of aliphatic imine (C=N–C) groups is 1. The largest absolute Gasteiger partial charge is 0.302 e. The molecule has 0 saturated carbocycles. The average molecular weight is 383 g/mol. The molecule has 3 aromatic carbocycles. The summed E-state index contributed by atoms with van der Waals surface area (Å²) in [6.45, 7) is 1.79. The zero-order chi connectivity index (χ0) is 20.4. The van der Waals surface area contributed by atoms with Crippen molar-refractivity contribution in [3.8, 4) is 0 Å². The van der Waals surface area contributed by atoms with Crippen molar-refractivity contribution in [2.45, 2.75) is 13.1 Å². The highest BCUT2D eigenvalue weighted by Gasteiger charge is 2.31. The quantitative estimate of drug-likeness (QED) is 0.702. The van der Waals surface area contributed by atoms with Gasteiger partial charge in [0.2, 0.25) is 0 Å². The summed E-state index contributed by atoms with van der Waals surface area (Å²) in [6, 6.07) is 24.4. The number of anilines is 1. The van der Waals surface area contributed by atoms with Crippen LogP contribution in [-0.2, 0) is 4.79 Å². The molecular formula is C24H21N3O2. The van der Waals surface area contributed by atoms with Gasteiger partial charge in [0.05, 0.1) is 17.9 Å². The van der Waals surface area contributed by atoms with E-state index in [9.17, 15) is 9.59 Å². The fourth-order valence-corrected chi connectivity index (χ4v) is 3.56. The minimum atomic E-state index is -1.08. The van der Waals surface area contributed by atoms with Crippen molar-refractivity contribution in [1.29, 1.82) is 0 Å². The normalized spacial score (nSPS) is 16.1. The average Bonchev–Trinajstić information content (AvgIpc) is 2.85. The fraction of sp³-hybridized carbons (Fsp3) is 0.125. The van der Waals surface area contributed by atoms with Crippen LogP contribution in [0.1, 0.15) is 27.0 Å². The molecule has 0 spiro atoms. The molecule has 5 heteroatoms. The van der Waals surface area contributed by atoms with E-state index in [4.69, 9.17) is 5.73 Å². The molecule has 1 heterocycles. The van der Waals surface area contributed by atoms with E-state index in [-0.39, 0.29) is 12.3 Å². The predicted octanol–water partition coefficient (Wildman–Crippen LogP) is 3.35. The zero-order valence-corrected chi connectivity index (χ0v) is 16.1. The maximum absolute atomic E-state index is 13.1. The highest BCUT2D eigenvalue weighted by atomic mass is 16.2. The van der Waals surface area contributed by atoms with Gasteiger partial charge in [-0.2, -0.15) is 0 Å². The van der Waals surface area contributed by atoms with Gasteiger partial charge < -0.3 is 10.6 Å². The predicted molar refractivity (Wildman–Crippen MR) is 114 cm³/mol. The minimum absolute atomic E-state index is 0.0913. The van der Waals surface area contributed by atoms with Crippen LogP contribution in [0.2, 0.25) is 0 Å². The number of para-hydroxylation sites is 1. The van der Waals surface area contributed by atoms with Crippen LogP contribution in [-0.4, -0.2) is 30.1 Å². The van der Waals surface area contributed by atoms with Crippen LogP contribution in [0.3, 0.4) is 0 Å². The molecule has 0 aliphatic carbocycles. The number of carbonyl (C=O) groups is 2. The van der Waals surface area contributed by atoms with Crippen LogP contribution in [0, 0.1) is 6.92 Å². The molecular weight excluding hydrogens is 362 g/mol. The summed E-state index contributed by atoms with van der Waals surface area (Å²) in [4.78, 5) is 32.0. The lowest BCUT2D eigenvalue weighted by Crippen LogP contribution is -2.44. The van der Waals surface area contributed by atoms with Crippen molar-refractivity contribution in [2.75, 3.05) is 11.4 Å². The third-order valence-corrected chi connectivity index (χ3v) is 5.03. The van der Waals surface area contributed by atoms with Gasteiger partial charge in [0.25, 0.3) is 5.91 Å². The number of Topliss-reactive ketones (excluding diaryl/α,β-unsaturated/α-hetero) is 1. The van der Waals surface area contributed by atoms with Gasteiger partial charge in [0, 0.05) is 16.7 Å². The zero-order valence-electron chi connectivity index (χ0n) is 16.1. The molecule has 144 valence electrons. The van der Waals surface area contributed by atoms with Gasteiger partial charge in [-0.1, -0.05) is 72.8 Å². The van der Waals surface area contributed by atoms with Crippen molar-refractivity contribution < 1.29 is 9.59 Å². The van der Waals surface area contributed by atoms with E-state index in [2.05, 4.69) is 4.99 Å². The first-order valence-electron chi connectivity index (χ1n) is 9.44. The standard InChI is InChI=1S/C24H21N3O2/c1-16-9-5-6-12-18(16)21(28)15-27-20-14-8-7-13-19(20)22(26-23(25)24(27)29)17-10-3-2-4-11-17/h2-14,23H,15,25H2,1H3/t23-/m1/s1. The number of ketones is 1. The third-order valence-electron chi connectivity index (χ3n) is 5.03. The molecule has 5 nitrogen and oxygen atoms in total. The summed E-state index contributed by atoms with van der Waals surface area (Å²) in [6.07, 6.45) is -1.08. The van der Waals surface area contributed by atoms with Crippen LogP contribution in [0.4, 0.5) is 5.69 Å². The number of hydrogen-bond donors (Lipinski definition) is 1. The van der Waals surface area contributed by atoms with Gasteiger partial charge in [-0.3, -0.25) is 14.6 Å². The molecule has 3 aromatic rings. The van der Waals surface area contributed by atoms with Crippen molar-refractivity contribution in [2.24, 2.45) is 10.7 Å². The number of amides is 1. The summed E-state index contributed by atoms with van der Waals surface area (Å²) in [5, 5.41) is 0. The Hall–Kier alpha value is -3.57.